The highest BCUT2D eigenvalue weighted by atomic mass is 32.1. The summed E-state index contributed by atoms with van der Waals surface area (Å²) in [6.07, 6.45) is 2.51. The van der Waals surface area contributed by atoms with Gasteiger partial charge in [-0.15, -0.1) is 11.3 Å². The van der Waals surface area contributed by atoms with E-state index in [0.717, 1.165) is 34.5 Å². The largest absolute Gasteiger partial charge is 0.478 e. The number of thiazole rings is 1. The lowest BCUT2D eigenvalue weighted by atomic mass is 10.2. The summed E-state index contributed by atoms with van der Waals surface area (Å²) in [6.45, 7) is 0.202. The van der Waals surface area contributed by atoms with Gasteiger partial charge in [0.2, 0.25) is 0 Å². The standard InChI is InChI=1S/C12H13NO3S/c14-6-2-1-3-11-13-9-5-4-8(12(15)16)7-10(9)17-11/h4-5,7,14H,1-3,6H2,(H,15,16). The fourth-order valence-electron chi connectivity index (χ4n) is 1.60. The van der Waals surface area contributed by atoms with Gasteiger partial charge >= 0.3 is 5.97 Å². The van der Waals surface area contributed by atoms with Gasteiger partial charge in [0, 0.05) is 6.61 Å². The summed E-state index contributed by atoms with van der Waals surface area (Å²) in [6, 6.07) is 4.97. The molecule has 0 atom stereocenters. The van der Waals surface area contributed by atoms with Crippen LogP contribution in [0.4, 0.5) is 0 Å². The summed E-state index contributed by atoms with van der Waals surface area (Å²) in [5, 5.41) is 18.6. The molecule has 0 saturated heterocycles. The number of benzene rings is 1. The monoisotopic (exact) mass is 251 g/mol. The number of aryl methyl sites for hydroxylation is 1. The van der Waals surface area contributed by atoms with Crippen LogP contribution >= 0.6 is 11.3 Å². The van der Waals surface area contributed by atoms with E-state index in [1.807, 2.05) is 0 Å². The number of nitrogens with zero attached hydrogens (tertiary/aromatic N) is 1. The molecule has 2 aromatic rings. The Morgan fingerprint density at radius 2 is 2.18 bits per heavy atom. The van der Waals surface area contributed by atoms with Gasteiger partial charge in [-0.05, 0) is 37.5 Å². The summed E-state index contributed by atoms with van der Waals surface area (Å²) in [5.41, 5.74) is 1.14. The van der Waals surface area contributed by atoms with Crippen LogP contribution in [-0.2, 0) is 6.42 Å². The van der Waals surface area contributed by atoms with Gasteiger partial charge in [0.1, 0.15) is 0 Å². The van der Waals surface area contributed by atoms with Crippen molar-refractivity contribution in [1.29, 1.82) is 0 Å². The highest BCUT2D eigenvalue weighted by molar-refractivity contribution is 7.18. The molecule has 0 amide bonds. The van der Waals surface area contributed by atoms with E-state index in [1.54, 1.807) is 18.2 Å². The molecule has 1 aromatic carbocycles. The van der Waals surface area contributed by atoms with E-state index in [4.69, 9.17) is 10.2 Å². The Morgan fingerprint density at radius 3 is 2.88 bits per heavy atom. The van der Waals surface area contributed by atoms with E-state index in [9.17, 15) is 4.79 Å². The molecule has 0 radical (unpaired) electrons. The summed E-state index contributed by atoms with van der Waals surface area (Å²) >= 11 is 1.52. The van der Waals surface area contributed by atoms with Crippen molar-refractivity contribution in [3.05, 3.63) is 28.8 Å². The number of aliphatic hydroxyl groups excluding tert-OH is 1. The van der Waals surface area contributed by atoms with Crippen molar-refractivity contribution in [2.45, 2.75) is 19.3 Å². The first-order valence-electron chi connectivity index (χ1n) is 5.44. The molecular weight excluding hydrogens is 238 g/mol. The zero-order valence-electron chi connectivity index (χ0n) is 9.22. The first-order chi connectivity index (χ1) is 8.20. The van der Waals surface area contributed by atoms with E-state index in [-0.39, 0.29) is 6.61 Å². The van der Waals surface area contributed by atoms with Crippen LogP contribution in [0.1, 0.15) is 28.2 Å². The van der Waals surface area contributed by atoms with E-state index in [1.165, 1.54) is 11.3 Å². The van der Waals surface area contributed by atoms with Gasteiger partial charge in [0.05, 0.1) is 20.8 Å². The van der Waals surface area contributed by atoms with E-state index >= 15 is 0 Å². The minimum atomic E-state index is -0.915. The topological polar surface area (TPSA) is 70.4 Å². The maximum absolute atomic E-state index is 10.8. The molecule has 0 saturated carbocycles. The summed E-state index contributed by atoms with van der Waals surface area (Å²) < 4.78 is 0.906. The summed E-state index contributed by atoms with van der Waals surface area (Å²) in [7, 11) is 0. The first kappa shape index (κ1) is 12.0. The average molecular weight is 251 g/mol. The molecular formula is C12H13NO3S. The molecule has 0 bridgehead atoms. The SMILES string of the molecule is O=C(O)c1ccc2nc(CCCCO)sc2c1. The fourth-order valence-corrected chi connectivity index (χ4v) is 2.65. The predicted octanol–water partition coefficient (Wildman–Crippen LogP) is 2.31. The second-order valence-corrected chi connectivity index (χ2v) is 4.89. The molecule has 0 aliphatic heterocycles. The van der Waals surface area contributed by atoms with E-state index in [0.29, 0.717) is 5.56 Å². The molecule has 4 nitrogen and oxygen atoms in total. The molecule has 5 heteroatoms. The minimum absolute atomic E-state index is 0.202. The maximum Gasteiger partial charge on any atom is 0.335 e. The highest BCUT2D eigenvalue weighted by Crippen LogP contribution is 2.24. The van der Waals surface area contributed by atoms with Crippen LogP contribution in [0.2, 0.25) is 0 Å². The Balaban J connectivity index is 2.21. The third-order valence-electron chi connectivity index (χ3n) is 2.48. The van der Waals surface area contributed by atoms with Crippen molar-refractivity contribution < 1.29 is 15.0 Å². The molecule has 2 rings (SSSR count). The zero-order valence-corrected chi connectivity index (χ0v) is 10.0. The Labute approximate surface area is 103 Å². The van der Waals surface area contributed by atoms with Crippen molar-refractivity contribution >= 4 is 27.5 Å². The van der Waals surface area contributed by atoms with Crippen molar-refractivity contribution in [3.8, 4) is 0 Å². The lowest BCUT2D eigenvalue weighted by Crippen LogP contribution is -1.94. The number of aromatic nitrogens is 1. The number of aromatic carboxylic acids is 1. The second kappa shape index (κ2) is 5.25. The van der Waals surface area contributed by atoms with Crippen LogP contribution in [0.15, 0.2) is 18.2 Å². The van der Waals surface area contributed by atoms with Gasteiger partial charge in [-0.25, -0.2) is 9.78 Å². The molecule has 90 valence electrons. The van der Waals surface area contributed by atoms with Crippen molar-refractivity contribution in [2.24, 2.45) is 0 Å². The molecule has 0 aliphatic rings. The van der Waals surface area contributed by atoms with Gasteiger partial charge in [0.25, 0.3) is 0 Å². The fraction of sp³-hybridized carbons (Fsp3) is 0.333. The van der Waals surface area contributed by atoms with Gasteiger partial charge < -0.3 is 10.2 Å². The summed E-state index contributed by atoms with van der Waals surface area (Å²) in [5.74, 6) is -0.915. The third-order valence-corrected chi connectivity index (χ3v) is 3.56. The van der Waals surface area contributed by atoms with E-state index in [2.05, 4.69) is 4.98 Å². The number of rotatable bonds is 5. The molecule has 0 unspecified atom stereocenters. The Hall–Kier alpha value is -1.46. The predicted molar refractivity (Wildman–Crippen MR) is 66.6 cm³/mol. The maximum atomic E-state index is 10.8. The molecule has 1 heterocycles. The van der Waals surface area contributed by atoms with Crippen LogP contribution in [0.3, 0.4) is 0 Å². The normalized spacial score (nSPS) is 10.9. The summed E-state index contributed by atoms with van der Waals surface area (Å²) in [4.78, 5) is 15.2. The lowest BCUT2D eigenvalue weighted by molar-refractivity contribution is 0.0697. The van der Waals surface area contributed by atoms with Crippen molar-refractivity contribution in [1.82, 2.24) is 4.98 Å². The van der Waals surface area contributed by atoms with Gasteiger partial charge in [0.15, 0.2) is 0 Å². The molecule has 0 fully saturated rings. The highest BCUT2D eigenvalue weighted by Gasteiger charge is 2.07. The molecule has 2 N–H and O–H groups in total. The van der Waals surface area contributed by atoms with Crippen LogP contribution < -0.4 is 0 Å². The van der Waals surface area contributed by atoms with Crippen molar-refractivity contribution in [3.63, 3.8) is 0 Å². The first-order valence-corrected chi connectivity index (χ1v) is 6.26. The third kappa shape index (κ3) is 2.81. The van der Waals surface area contributed by atoms with Crippen molar-refractivity contribution in [2.75, 3.05) is 6.61 Å². The number of carbonyl (C=O) groups is 1. The van der Waals surface area contributed by atoms with E-state index < -0.39 is 5.97 Å². The Bertz CT molecular complexity index is 536. The number of hydrogen-bond acceptors (Lipinski definition) is 4. The average Bonchev–Trinajstić information content (AvgIpc) is 2.70. The van der Waals surface area contributed by atoms with Crippen LogP contribution in [0.25, 0.3) is 10.2 Å². The quantitative estimate of drug-likeness (QED) is 0.800. The van der Waals surface area contributed by atoms with Gasteiger partial charge in [-0.1, -0.05) is 0 Å². The van der Waals surface area contributed by atoms with Gasteiger partial charge in [-0.2, -0.15) is 0 Å². The Kier molecular flexibility index (Phi) is 3.71. The molecule has 0 spiro atoms. The van der Waals surface area contributed by atoms with Crippen LogP contribution in [0, 0.1) is 0 Å². The number of hydrogen-bond donors (Lipinski definition) is 2. The number of aliphatic hydroxyl groups is 1. The number of fused-ring (bicyclic) bond motifs is 1. The Morgan fingerprint density at radius 1 is 1.35 bits per heavy atom. The number of carboxylic acids is 1. The molecule has 1 aromatic heterocycles. The molecule has 0 aliphatic carbocycles. The zero-order chi connectivity index (χ0) is 12.3. The number of unbranched alkanes of at least 4 members (excludes halogenated alkanes) is 1. The van der Waals surface area contributed by atoms with Crippen LogP contribution in [-0.4, -0.2) is 27.8 Å². The van der Waals surface area contributed by atoms with Gasteiger partial charge in [-0.3, -0.25) is 0 Å². The smallest absolute Gasteiger partial charge is 0.335 e. The minimum Gasteiger partial charge on any atom is -0.478 e. The second-order valence-electron chi connectivity index (χ2n) is 3.78. The molecule has 17 heavy (non-hydrogen) atoms. The lowest BCUT2D eigenvalue weighted by Gasteiger charge is -1.92. The number of carboxylic acid groups (broad SMARTS) is 1. The van der Waals surface area contributed by atoms with Crippen LogP contribution in [0.5, 0.6) is 0 Å².